The Morgan fingerprint density at radius 2 is 0.833 bits per heavy atom. The molecule has 48 nitrogen and oxygen atoms in total. The molecule has 9 saturated heterocycles. The standard InChI is InChI=1S/C102H162O48/c1-18-97(13,149-89-75(125)65(115)58(108)42(5)134-89)29-21-23-41(4)84(129)143-78-44(7)137-90(77(127)71(78)121)150-98(14,19-2)28-20-22-40(3)83(128)141-57-34-102(94(130)148-93-82(68(118)63(113)51(36-104)139-93)146-87-76(126)70(120)79(45(8)136-87)144-85-72(122)60(110)48(105)37-131-85)47(32-95(57,9)10)46-24-25-54-99(15)30-27-56(96(11,12)53(99)26-31-100(54,16)101(46,17)33-55(102)107)142-92-81(147-88-74(124)66(116)62(112)50(35-103)138-88)69(119)64(114)52(140-92)39-133-91-80(67(117)59(109)43(6)135-91)145-86-73(123)61(111)49(106)38-132-86/h18-19,22-24,42-45,47-82,85-93,103-127H,1-2,20-21,25-39H2,3-17H3/b40-22+,41-23-/t42-,43-,44-,45+,47+,48-,49+,50-,51-,52-,53+,54-,55-,56+,57+,58-,59+,60+,61+,62-,63-,64-,65+,66+,67+,68+,69+,70+,71-,72-,73-,74-,75-,76-,77-,78-,79+,80-,81-,82-,85+,86+,87+,88+,89+,90+,91-,92+,93+,97-,98-,99+,100-,101-,102-/m1/s1. The Morgan fingerprint density at radius 1 is 0.413 bits per heavy atom. The molecule has 858 valence electrons. The van der Waals surface area contributed by atoms with Gasteiger partial charge in [-0.05, 0) is 165 Å². The quantitative estimate of drug-likeness (QED) is 0.00960. The van der Waals surface area contributed by atoms with Crippen LogP contribution in [-0.2, 0) is 109 Å². The van der Waals surface area contributed by atoms with E-state index in [9.17, 15) is 132 Å². The van der Waals surface area contributed by atoms with E-state index in [-0.39, 0.29) is 67.9 Å². The van der Waals surface area contributed by atoms with Crippen molar-refractivity contribution < 1.29 is 237 Å². The minimum atomic E-state index is -2.17. The first-order valence-electron chi connectivity index (χ1n) is 52.1. The number of ether oxygens (including phenoxy) is 20. The summed E-state index contributed by atoms with van der Waals surface area (Å²) in [6, 6.07) is 0. The molecule has 0 radical (unpaired) electrons. The third-order valence-corrected chi connectivity index (χ3v) is 35.6. The van der Waals surface area contributed by atoms with E-state index in [0.29, 0.717) is 25.7 Å². The molecule has 55 atom stereocenters. The first-order chi connectivity index (χ1) is 70.2. The smallest absolute Gasteiger partial charge is 0.333 e. The van der Waals surface area contributed by atoms with E-state index < -0.39 is 389 Å². The number of carbonyl (C=O) groups is 3. The van der Waals surface area contributed by atoms with E-state index >= 15 is 9.59 Å². The summed E-state index contributed by atoms with van der Waals surface area (Å²) in [5.74, 6) is -4.41. The lowest BCUT2D eigenvalue weighted by molar-refractivity contribution is -0.385. The van der Waals surface area contributed by atoms with Gasteiger partial charge in [-0.3, -0.25) is 4.79 Å². The average Bonchev–Trinajstić information content (AvgIpc) is 0.665. The number of esters is 3. The fourth-order valence-electron chi connectivity index (χ4n) is 25.5. The summed E-state index contributed by atoms with van der Waals surface area (Å²) < 4.78 is 122. The van der Waals surface area contributed by atoms with Crippen LogP contribution in [0.3, 0.4) is 0 Å². The lowest BCUT2D eigenvalue weighted by Gasteiger charge is -2.72. The summed E-state index contributed by atoms with van der Waals surface area (Å²) >= 11 is 0. The van der Waals surface area contributed by atoms with Gasteiger partial charge in [0.1, 0.15) is 182 Å². The maximum atomic E-state index is 16.7. The molecule has 0 aromatic rings. The molecular weight excluding hydrogens is 1990 g/mol. The van der Waals surface area contributed by atoms with Crippen molar-refractivity contribution in [1.29, 1.82) is 0 Å². The molecule has 150 heavy (non-hydrogen) atoms. The minimum Gasteiger partial charge on any atom is -0.458 e. The van der Waals surface area contributed by atoms with Crippen molar-refractivity contribution in [3.63, 3.8) is 0 Å². The normalized spacial score (nSPS) is 49.7. The predicted octanol–water partition coefficient (Wildman–Crippen LogP) is -5.16. The first kappa shape index (κ1) is 121. The van der Waals surface area contributed by atoms with E-state index in [1.165, 1.54) is 53.7 Å². The zero-order chi connectivity index (χ0) is 110. The van der Waals surface area contributed by atoms with Crippen LogP contribution in [0.25, 0.3) is 0 Å². The molecule has 0 amide bonds. The minimum absolute atomic E-state index is 0.00236. The summed E-state index contributed by atoms with van der Waals surface area (Å²) in [4.78, 5) is 45.4. The van der Waals surface area contributed by atoms with Gasteiger partial charge in [0.15, 0.2) is 62.5 Å². The fraction of sp³-hybridized carbons (Fsp3) is 0.873. The summed E-state index contributed by atoms with van der Waals surface area (Å²) in [7, 11) is 0. The number of hydrogen-bond acceptors (Lipinski definition) is 48. The Hall–Kier alpha value is -4.57. The summed E-state index contributed by atoms with van der Waals surface area (Å²) in [6.07, 6.45) is -67.2. The lowest BCUT2D eigenvalue weighted by Crippen LogP contribution is -2.70. The second kappa shape index (κ2) is 47.4. The van der Waals surface area contributed by atoms with Crippen LogP contribution >= 0.6 is 0 Å². The number of rotatable bonds is 33. The van der Waals surface area contributed by atoms with Gasteiger partial charge in [0.25, 0.3) is 0 Å². The van der Waals surface area contributed by atoms with Crippen LogP contribution in [0.2, 0.25) is 0 Å². The summed E-state index contributed by atoms with van der Waals surface area (Å²) in [5, 5.41) is 280. The Morgan fingerprint density at radius 3 is 1.39 bits per heavy atom. The highest BCUT2D eigenvalue weighted by Gasteiger charge is 2.75. The molecule has 0 bridgehead atoms. The molecule has 14 rings (SSSR count). The molecule has 9 heterocycles. The van der Waals surface area contributed by atoms with Gasteiger partial charge in [-0.1, -0.05) is 84.4 Å². The maximum absolute atomic E-state index is 16.7. The highest BCUT2D eigenvalue weighted by atomic mass is 16.8. The second-order valence-corrected chi connectivity index (χ2v) is 46.2. The van der Waals surface area contributed by atoms with Gasteiger partial charge in [-0.2, -0.15) is 0 Å². The fourth-order valence-corrected chi connectivity index (χ4v) is 25.5. The molecule has 14 aliphatic rings. The molecule has 48 heteroatoms. The zero-order valence-electron chi connectivity index (χ0n) is 87.2. The summed E-state index contributed by atoms with van der Waals surface area (Å²) in [5.41, 5.74) is -8.17. The van der Waals surface area contributed by atoms with Crippen molar-refractivity contribution in [3.05, 3.63) is 60.3 Å². The molecule has 0 aromatic carbocycles. The Kier molecular flexibility index (Phi) is 38.2. The van der Waals surface area contributed by atoms with E-state index in [1.54, 1.807) is 26.0 Å². The van der Waals surface area contributed by atoms with Crippen LogP contribution in [0.4, 0.5) is 0 Å². The van der Waals surface area contributed by atoms with Crippen LogP contribution in [0.15, 0.2) is 60.3 Å². The number of aliphatic hydroxyl groups is 25. The van der Waals surface area contributed by atoms with Crippen LogP contribution in [0.1, 0.15) is 181 Å². The Labute approximate surface area is 869 Å². The van der Waals surface area contributed by atoms with E-state index in [1.807, 2.05) is 27.7 Å². The van der Waals surface area contributed by atoms with Crippen LogP contribution in [-0.4, -0.2) is 472 Å². The third-order valence-electron chi connectivity index (χ3n) is 35.6. The molecular formula is C102H162O48. The maximum Gasteiger partial charge on any atom is 0.333 e. The van der Waals surface area contributed by atoms with Crippen LogP contribution in [0, 0.1) is 50.2 Å². The molecule has 4 saturated carbocycles. The van der Waals surface area contributed by atoms with Gasteiger partial charge in [-0.15, -0.1) is 13.2 Å². The zero-order valence-corrected chi connectivity index (χ0v) is 87.2. The molecule has 0 unspecified atom stereocenters. The van der Waals surface area contributed by atoms with E-state index in [4.69, 9.17) is 94.7 Å². The Bertz CT molecular complexity index is 4640. The van der Waals surface area contributed by atoms with Crippen molar-refractivity contribution in [1.82, 2.24) is 0 Å². The number of allylic oxidation sites excluding steroid dienone is 4. The van der Waals surface area contributed by atoms with Gasteiger partial charge in [0, 0.05) is 23.0 Å². The Balaban J connectivity index is 0.710. The number of carbonyl (C=O) groups excluding carboxylic acids is 3. The van der Waals surface area contributed by atoms with Crippen molar-refractivity contribution in [2.75, 3.05) is 33.0 Å². The SMILES string of the molecule is C=C[C@](C)(CC/C=C(/C)C(=O)O[C@H]1[C@H](O)[C@@H](O)[C@H](O[C@](C)(C=C)CC/C=C(\C)C(=O)O[C@H]2C[C@]3(C(=O)O[C@@H]4O[C@H](CO)[C@@H](O)[C@H](O)[C@H]4O[C@@H]4O[C@@H](C)[C@H](O[C@@H]5OC[C@@H](O)[C@H](O)[C@H]5O)[C@@H](O)[C@H]4O)[C@H](O)C[C@]4(C)C(=CC[C@@H]5[C@@]6(C)CC[C@H](O[C@@H]7O[C@H](CO[C@@H]8O[C@H](C)[C@H](O)[C@H](O)[C@H]8O[C@@H]8OC[C@H](O)[C@H](O)[C@H]8O)[C@@H](O)[C@H](O)[C@H]7O[C@@H]7O[C@H](CO)[C@@H](O)[C@H](O)[C@H]7O)C(C)(C)[C@@H]6CC[C@]54C)[C@@H]3CC2(C)C)O[C@@H]1C)O[C@@H]1O[C@H](C)[C@@H](O)[C@H](O)[C@H]1O. The van der Waals surface area contributed by atoms with E-state index in [2.05, 4.69) is 40.0 Å². The van der Waals surface area contributed by atoms with Crippen molar-refractivity contribution in [3.8, 4) is 0 Å². The average molecular weight is 2160 g/mol. The second-order valence-electron chi connectivity index (χ2n) is 46.2. The number of hydrogen-bond donors (Lipinski definition) is 25. The highest BCUT2D eigenvalue weighted by Crippen LogP contribution is 2.77. The van der Waals surface area contributed by atoms with Gasteiger partial charge in [-0.25, -0.2) is 9.59 Å². The molecule has 13 fully saturated rings. The van der Waals surface area contributed by atoms with E-state index in [0.717, 1.165) is 5.57 Å². The van der Waals surface area contributed by atoms with Gasteiger partial charge < -0.3 is 222 Å². The number of aliphatic hydroxyl groups excluding tert-OH is 25. The predicted molar refractivity (Wildman–Crippen MR) is 506 cm³/mol. The topological polar surface area (TPSA) is 742 Å². The van der Waals surface area contributed by atoms with Gasteiger partial charge in [0.05, 0.1) is 80.9 Å². The lowest BCUT2D eigenvalue weighted by atomic mass is 9.33. The highest BCUT2D eigenvalue weighted by molar-refractivity contribution is 5.88. The number of fused-ring (bicyclic) bond motifs is 7. The largest absolute Gasteiger partial charge is 0.458 e. The van der Waals surface area contributed by atoms with Crippen molar-refractivity contribution >= 4 is 17.9 Å². The summed E-state index contributed by atoms with van der Waals surface area (Å²) in [6.45, 7) is 30.4. The molecule has 5 aliphatic carbocycles. The van der Waals surface area contributed by atoms with Crippen LogP contribution in [0.5, 0.6) is 0 Å². The van der Waals surface area contributed by atoms with Gasteiger partial charge in [0.2, 0.25) is 6.29 Å². The molecule has 0 spiro atoms. The molecule has 9 aliphatic heterocycles. The first-order valence-corrected chi connectivity index (χ1v) is 52.1. The van der Waals surface area contributed by atoms with Gasteiger partial charge >= 0.3 is 17.9 Å². The van der Waals surface area contributed by atoms with Crippen molar-refractivity contribution in [2.45, 2.75) is 475 Å². The molecule has 25 N–H and O–H groups in total. The monoisotopic (exact) mass is 2160 g/mol. The molecule has 0 aromatic heterocycles. The van der Waals surface area contributed by atoms with Crippen LogP contribution < -0.4 is 0 Å². The van der Waals surface area contributed by atoms with Crippen molar-refractivity contribution in [2.24, 2.45) is 50.2 Å². The third kappa shape index (κ3) is 23.3.